The molecule has 3 N–H and O–H groups in total. The molecule has 0 aliphatic carbocycles. The molecular formula is C26H38BrF3N4O. The van der Waals surface area contributed by atoms with Gasteiger partial charge in [0.2, 0.25) is 5.91 Å². The van der Waals surface area contributed by atoms with Crippen molar-refractivity contribution in [2.45, 2.75) is 70.0 Å². The van der Waals surface area contributed by atoms with Crippen molar-refractivity contribution in [1.82, 2.24) is 15.5 Å². The van der Waals surface area contributed by atoms with Gasteiger partial charge in [-0.25, -0.2) is 13.2 Å². The Kier molecular flexibility index (Phi) is 9.54. The number of hydrogen-bond donors (Lipinski definition) is 3. The smallest absolute Gasteiger partial charge is 0.264 e. The number of aryl methyl sites for hydroxylation is 2. The maximum atomic E-state index is 14.5. The summed E-state index contributed by atoms with van der Waals surface area (Å²) in [5.41, 5.74) is 1.60. The minimum atomic E-state index is -2.79. The van der Waals surface area contributed by atoms with Crippen LogP contribution in [-0.4, -0.2) is 61.2 Å². The number of likely N-dealkylation sites (tertiary alicyclic amines) is 1. The molecule has 35 heavy (non-hydrogen) atoms. The lowest BCUT2D eigenvalue weighted by Crippen LogP contribution is -2.53. The topological polar surface area (TPSA) is 56.4 Å². The van der Waals surface area contributed by atoms with Crippen molar-refractivity contribution in [3.05, 3.63) is 40.5 Å². The summed E-state index contributed by atoms with van der Waals surface area (Å²) < 4.78 is 43.5. The zero-order chi connectivity index (χ0) is 25.6. The van der Waals surface area contributed by atoms with E-state index in [0.29, 0.717) is 32.5 Å². The molecule has 9 heteroatoms. The lowest BCUT2D eigenvalue weighted by Gasteiger charge is -2.39. The Morgan fingerprint density at radius 2 is 2.20 bits per heavy atom. The summed E-state index contributed by atoms with van der Waals surface area (Å²) in [5.74, 6) is -3.13. The van der Waals surface area contributed by atoms with Crippen LogP contribution in [0.3, 0.4) is 0 Å². The first-order valence-corrected chi connectivity index (χ1v) is 13.2. The van der Waals surface area contributed by atoms with Gasteiger partial charge in [-0.15, -0.1) is 0 Å². The summed E-state index contributed by atoms with van der Waals surface area (Å²) in [5, 5.41) is 9.17. The molecule has 2 aliphatic heterocycles. The predicted octanol–water partition coefficient (Wildman–Crippen LogP) is 5.19. The van der Waals surface area contributed by atoms with E-state index in [4.69, 9.17) is 0 Å². The fourth-order valence-electron chi connectivity index (χ4n) is 5.16. The number of piperidine rings is 2. The third kappa shape index (κ3) is 8.13. The van der Waals surface area contributed by atoms with Gasteiger partial charge in [-0.2, -0.15) is 0 Å². The summed E-state index contributed by atoms with van der Waals surface area (Å²) >= 11 is 3.53. The van der Waals surface area contributed by atoms with Gasteiger partial charge in [0.05, 0.1) is 12.5 Å². The van der Waals surface area contributed by atoms with E-state index >= 15 is 0 Å². The summed E-state index contributed by atoms with van der Waals surface area (Å²) in [6.45, 7) is 8.58. The summed E-state index contributed by atoms with van der Waals surface area (Å²) in [7, 11) is 0. The van der Waals surface area contributed by atoms with Gasteiger partial charge in [-0.05, 0) is 75.4 Å². The molecule has 196 valence electrons. The van der Waals surface area contributed by atoms with E-state index in [1.54, 1.807) is 6.92 Å². The number of rotatable bonds is 10. The van der Waals surface area contributed by atoms with E-state index in [0.717, 1.165) is 34.1 Å². The number of benzene rings is 1. The van der Waals surface area contributed by atoms with Crippen LogP contribution in [0.1, 0.15) is 50.2 Å². The third-order valence-electron chi connectivity index (χ3n) is 6.86. The van der Waals surface area contributed by atoms with E-state index in [9.17, 15) is 18.0 Å². The number of nitrogens with one attached hydrogen (secondary N) is 3. The molecule has 2 fully saturated rings. The highest BCUT2D eigenvalue weighted by atomic mass is 79.9. The minimum Gasteiger partial charge on any atom is -0.385 e. The molecule has 0 radical (unpaired) electrons. The number of amides is 1. The van der Waals surface area contributed by atoms with Crippen molar-refractivity contribution in [1.29, 1.82) is 0 Å². The molecule has 0 aromatic heterocycles. The molecule has 3 rings (SSSR count). The van der Waals surface area contributed by atoms with E-state index in [1.165, 1.54) is 6.20 Å². The zero-order valence-corrected chi connectivity index (χ0v) is 22.3. The Balaban J connectivity index is 1.64. The van der Waals surface area contributed by atoms with Gasteiger partial charge in [-0.3, -0.25) is 4.79 Å². The number of nitrogens with zero attached hydrogens (tertiary/aromatic N) is 1. The Labute approximate surface area is 215 Å². The molecule has 3 atom stereocenters. The Morgan fingerprint density at radius 3 is 2.91 bits per heavy atom. The van der Waals surface area contributed by atoms with E-state index in [2.05, 4.69) is 38.5 Å². The fraction of sp³-hybridized carbons (Fsp3) is 0.654. The largest absolute Gasteiger partial charge is 0.385 e. The monoisotopic (exact) mass is 558 g/mol. The Hall–Kier alpha value is -1.74. The summed E-state index contributed by atoms with van der Waals surface area (Å²) in [6.07, 6.45) is 3.96. The molecule has 2 heterocycles. The second kappa shape index (κ2) is 12.0. The number of alkyl halides is 3. The highest BCUT2D eigenvalue weighted by Gasteiger charge is 2.38. The number of carbonyl (C=O) groups excluding carboxylic acids is 1. The van der Waals surface area contributed by atoms with Gasteiger partial charge in [0.15, 0.2) is 0 Å². The van der Waals surface area contributed by atoms with Crippen LogP contribution in [0.5, 0.6) is 0 Å². The van der Waals surface area contributed by atoms with Crippen LogP contribution < -0.4 is 16.0 Å². The number of hydrogen-bond acceptors (Lipinski definition) is 4. The fourth-order valence-corrected chi connectivity index (χ4v) is 5.78. The zero-order valence-electron chi connectivity index (χ0n) is 20.7. The van der Waals surface area contributed by atoms with Crippen LogP contribution in [0.2, 0.25) is 0 Å². The summed E-state index contributed by atoms with van der Waals surface area (Å²) in [6, 6.07) is 4.05. The third-order valence-corrected chi connectivity index (χ3v) is 7.32. The molecule has 0 bridgehead atoms. The number of carbonyl (C=O) groups is 1. The normalized spacial score (nSPS) is 25.3. The van der Waals surface area contributed by atoms with Crippen LogP contribution in [0.15, 0.2) is 29.4 Å². The van der Waals surface area contributed by atoms with Gasteiger partial charge in [0.25, 0.3) is 5.92 Å². The van der Waals surface area contributed by atoms with Crippen LogP contribution in [0.4, 0.5) is 18.9 Å². The predicted molar refractivity (Wildman–Crippen MR) is 139 cm³/mol. The average Bonchev–Trinajstić information content (AvgIpc) is 2.79. The van der Waals surface area contributed by atoms with E-state index < -0.39 is 18.1 Å². The first kappa shape index (κ1) is 27.8. The lowest BCUT2D eigenvalue weighted by molar-refractivity contribution is -0.138. The van der Waals surface area contributed by atoms with E-state index in [1.807, 2.05) is 24.0 Å². The lowest BCUT2D eigenvalue weighted by atomic mass is 9.88. The standard InChI is InChI=1S/C26H38BrF3N4O/c1-4-31-17-26(29,30)9-5-7-19-12-21(27)11-18(2)23(19)33-22-8-6-10-34(15-22)24(35)20-13-25(3,28)16-32-14-20/h4,11-12,20,22,31-33H,1,5-10,13-17H2,2-3H3. The van der Waals surface area contributed by atoms with Crippen LogP contribution in [-0.2, 0) is 11.2 Å². The molecule has 3 unspecified atom stereocenters. The van der Waals surface area contributed by atoms with Crippen molar-refractivity contribution >= 4 is 27.5 Å². The van der Waals surface area contributed by atoms with Crippen molar-refractivity contribution in [2.75, 3.05) is 38.0 Å². The molecule has 1 aromatic rings. The van der Waals surface area contributed by atoms with E-state index in [-0.39, 0.29) is 37.3 Å². The second-order valence-corrected chi connectivity index (χ2v) is 11.2. The molecule has 0 spiro atoms. The molecule has 2 saturated heterocycles. The molecule has 1 amide bonds. The minimum absolute atomic E-state index is 0.00990. The average molecular weight is 560 g/mol. The van der Waals surface area contributed by atoms with Crippen LogP contribution in [0, 0.1) is 12.8 Å². The molecule has 0 saturated carbocycles. The van der Waals surface area contributed by atoms with Gasteiger partial charge in [-0.1, -0.05) is 22.5 Å². The van der Waals surface area contributed by atoms with Crippen molar-refractivity contribution in [2.24, 2.45) is 5.92 Å². The Morgan fingerprint density at radius 1 is 1.43 bits per heavy atom. The maximum absolute atomic E-state index is 14.5. The summed E-state index contributed by atoms with van der Waals surface area (Å²) in [4.78, 5) is 15.0. The quantitative estimate of drug-likeness (QED) is 0.370. The number of halogens is 4. The number of anilines is 1. The van der Waals surface area contributed by atoms with Crippen molar-refractivity contribution in [3.63, 3.8) is 0 Å². The van der Waals surface area contributed by atoms with Gasteiger partial charge < -0.3 is 20.9 Å². The molecular weight excluding hydrogens is 521 g/mol. The Bertz CT molecular complexity index is 896. The molecule has 1 aromatic carbocycles. The highest BCUT2D eigenvalue weighted by Crippen LogP contribution is 2.31. The molecule has 5 nitrogen and oxygen atoms in total. The first-order chi connectivity index (χ1) is 16.5. The van der Waals surface area contributed by atoms with Crippen LogP contribution >= 0.6 is 15.9 Å². The van der Waals surface area contributed by atoms with Crippen molar-refractivity contribution < 1.29 is 18.0 Å². The molecule has 2 aliphatic rings. The van der Waals surface area contributed by atoms with Gasteiger partial charge >= 0.3 is 0 Å². The van der Waals surface area contributed by atoms with Crippen LogP contribution in [0.25, 0.3) is 0 Å². The second-order valence-electron chi connectivity index (χ2n) is 10.3. The highest BCUT2D eigenvalue weighted by molar-refractivity contribution is 9.10. The maximum Gasteiger partial charge on any atom is 0.264 e. The van der Waals surface area contributed by atoms with Gasteiger partial charge in [0.1, 0.15) is 5.67 Å². The SMILES string of the molecule is C=CNCC(F)(F)CCCc1cc(Br)cc(C)c1NC1CCCN(C(=O)C2CNCC(C)(F)C2)C1. The van der Waals surface area contributed by atoms with Crippen molar-refractivity contribution in [3.8, 4) is 0 Å². The first-order valence-electron chi connectivity index (χ1n) is 12.5. The van der Waals surface area contributed by atoms with Gasteiger partial charge in [0, 0.05) is 48.8 Å².